The molecule has 2 aromatic rings. The molecule has 3 rings (SSSR count). The van der Waals surface area contributed by atoms with Crippen molar-refractivity contribution in [2.75, 3.05) is 45.3 Å². The second kappa shape index (κ2) is 7.73. The molecule has 0 aliphatic carbocycles. The maximum atomic E-state index is 12.8. The van der Waals surface area contributed by atoms with Crippen LogP contribution in [0.3, 0.4) is 0 Å². The number of nitrogens with zero attached hydrogens (tertiary/aromatic N) is 2. The summed E-state index contributed by atoms with van der Waals surface area (Å²) in [5, 5.41) is 0.513. The summed E-state index contributed by atoms with van der Waals surface area (Å²) in [7, 11) is -0.290. The predicted molar refractivity (Wildman–Crippen MR) is 102 cm³/mol. The van der Waals surface area contributed by atoms with Crippen molar-refractivity contribution in [1.82, 2.24) is 4.31 Å². The van der Waals surface area contributed by atoms with Gasteiger partial charge in [-0.3, -0.25) is 0 Å². The number of anilines is 1. The number of ether oxygens (including phenoxy) is 2. The molecule has 0 N–H and O–H groups in total. The van der Waals surface area contributed by atoms with Crippen molar-refractivity contribution in [2.45, 2.75) is 4.90 Å². The first-order valence-corrected chi connectivity index (χ1v) is 10.00. The van der Waals surface area contributed by atoms with Gasteiger partial charge in [0, 0.05) is 37.3 Å². The quantitative estimate of drug-likeness (QED) is 0.777. The number of hydrogen-bond acceptors (Lipinski definition) is 5. The number of sulfonamides is 1. The van der Waals surface area contributed by atoms with E-state index in [4.69, 9.17) is 21.1 Å². The van der Waals surface area contributed by atoms with Crippen LogP contribution >= 0.6 is 11.6 Å². The second-order valence-electron chi connectivity index (χ2n) is 5.88. The molecule has 1 aliphatic rings. The molecule has 0 radical (unpaired) electrons. The van der Waals surface area contributed by atoms with E-state index in [-0.39, 0.29) is 4.90 Å². The fraction of sp³-hybridized carbons (Fsp3) is 0.333. The Morgan fingerprint density at radius 3 is 2.15 bits per heavy atom. The lowest BCUT2D eigenvalue weighted by molar-refractivity contribution is 0.376. The van der Waals surface area contributed by atoms with Gasteiger partial charge in [0.1, 0.15) is 11.5 Å². The van der Waals surface area contributed by atoms with E-state index in [1.807, 2.05) is 18.2 Å². The Hall–Kier alpha value is -1.96. The third kappa shape index (κ3) is 3.75. The Morgan fingerprint density at radius 1 is 0.923 bits per heavy atom. The van der Waals surface area contributed by atoms with E-state index in [9.17, 15) is 8.42 Å². The molecule has 6 nitrogen and oxygen atoms in total. The van der Waals surface area contributed by atoms with Crippen LogP contribution in [0.15, 0.2) is 47.4 Å². The van der Waals surface area contributed by atoms with Crippen molar-refractivity contribution in [1.29, 1.82) is 0 Å². The molecular weight excluding hydrogens is 376 g/mol. The Morgan fingerprint density at radius 2 is 1.58 bits per heavy atom. The molecule has 1 aliphatic heterocycles. The van der Waals surface area contributed by atoms with Crippen LogP contribution in [-0.2, 0) is 10.0 Å². The molecule has 0 spiro atoms. The maximum Gasteiger partial charge on any atom is 0.243 e. The zero-order chi connectivity index (χ0) is 18.7. The number of hydrogen-bond donors (Lipinski definition) is 0. The Labute approximate surface area is 158 Å². The van der Waals surface area contributed by atoms with Gasteiger partial charge < -0.3 is 14.4 Å². The summed E-state index contributed by atoms with van der Waals surface area (Å²) in [6.07, 6.45) is 0. The van der Waals surface area contributed by atoms with Crippen molar-refractivity contribution >= 4 is 27.3 Å². The van der Waals surface area contributed by atoms with Gasteiger partial charge in [0.2, 0.25) is 10.0 Å². The summed E-state index contributed by atoms with van der Waals surface area (Å²) in [6.45, 7) is 1.92. The van der Waals surface area contributed by atoms with Gasteiger partial charge in [-0.05, 0) is 36.4 Å². The van der Waals surface area contributed by atoms with Gasteiger partial charge in [0.05, 0.1) is 24.8 Å². The van der Waals surface area contributed by atoms with Crippen molar-refractivity contribution in [2.24, 2.45) is 0 Å². The van der Waals surface area contributed by atoms with Gasteiger partial charge in [-0.25, -0.2) is 8.42 Å². The molecule has 1 heterocycles. The summed E-state index contributed by atoms with van der Waals surface area (Å²) < 4.78 is 37.8. The Bertz CT molecular complexity index is 863. The van der Waals surface area contributed by atoms with E-state index < -0.39 is 10.0 Å². The number of methoxy groups -OCH3 is 2. The van der Waals surface area contributed by atoms with Gasteiger partial charge >= 0.3 is 0 Å². The van der Waals surface area contributed by atoms with E-state index >= 15 is 0 Å². The molecule has 0 atom stereocenters. The van der Waals surface area contributed by atoms with Crippen LogP contribution in [0.4, 0.5) is 5.69 Å². The first kappa shape index (κ1) is 18.8. The van der Waals surface area contributed by atoms with Crippen LogP contribution in [0.5, 0.6) is 11.5 Å². The van der Waals surface area contributed by atoms with Crippen molar-refractivity contribution in [3.8, 4) is 11.5 Å². The van der Waals surface area contributed by atoms with Crippen LogP contribution in [-0.4, -0.2) is 53.1 Å². The zero-order valence-electron chi connectivity index (χ0n) is 14.7. The van der Waals surface area contributed by atoms with Crippen LogP contribution in [0.2, 0.25) is 5.02 Å². The summed E-state index contributed by atoms with van der Waals surface area (Å²) in [5.74, 6) is 1.47. The highest BCUT2D eigenvalue weighted by molar-refractivity contribution is 7.89. The standard InChI is InChI=1S/C18H21ClN2O4S/c1-24-15-5-8-18(25-2)17(13-15)20-9-11-21(12-10-20)26(22,23)16-6-3-14(19)4-7-16/h3-8,13H,9-12H2,1-2H3. The fourth-order valence-electron chi connectivity index (χ4n) is 2.97. The number of benzene rings is 2. The molecular formula is C18H21ClN2O4S. The zero-order valence-corrected chi connectivity index (χ0v) is 16.3. The normalized spacial score (nSPS) is 15.7. The number of rotatable bonds is 5. The lowest BCUT2D eigenvalue weighted by Crippen LogP contribution is -2.48. The summed E-state index contributed by atoms with van der Waals surface area (Å²) in [5.41, 5.74) is 0.899. The highest BCUT2D eigenvalue weighted by Crippen LogP contribution is 2.33. The molecule has 26 heavy (non-hydrogen) atoms. The van der Waals surface area contributed by atoms with Gasteiger partial charge in [-0.2, -0.15) is 4.31 Å². The molecule has 1 saturated heterocycles. The van der Waals surface area contributed by atoms with Gasteiger partial charge in [0.15, 0.2) is 0 Å². The number of piperazine rings is 1. The van der Waals surface area contributed by atoms with Crippen LogP contribution in [0.1, 0.15) is 0 Å². The molecule has 0 bridgehead atoms. The SMILES string of the molecule is COc1ccc(OC)c(N2CCN(S(=O)(=O)c3ccc(Cl)cc3)CC2)c1. The molecule has 0 unspecified atom stereocenters. The van der Waals surface area contributed by atoms with E-state index in [1.165, 1.54) is 16.4 Å². The minimum Gasteiger partial charge on any atom is -0.497 e. The highest BCUT2D eigenvalue weighted by Gasteiger charge is 2.29. The lowest BCUT2D eigenvalue weighted by atomic mass is 10.2. The second-order valence-corrected chi connectivity index (χ2v) is 8.26. The summed E-state index contributed by atoms with van der Waals surface area (Å²) in [6, 6.07) is 11.8. The average molecular weight is 397 g/mol. The Balaban J connectivity index is 1.76. The maximum absolute atomic E-state index is 12.8. The molecule has 8 heteroatoms. The topological polar surface area (TPSA) is 59.1 Å². The van der Waals surface area contributed by atoms with E-state index in [0.717, 1.165) is 17.2 Å². The minimum absolute atomic E-state index is 0.259. The minimum atomic E-state index is -3.52. The fourth-order valence-corrected chi connectivity index (χ4v) is 4.52. The highest BCUT2D eigenvalue weighted by atomic mass is 35.5. The van der Waals surface area contributed by atoms with Crippen molar-refractivity contribution in [3.63, 3.8) is 0 Å². The van der Waals surface area contributed by atoms with Crippen LogP contribution < -0.4 is 14.4 Å². The van der Waals surface area contributed by atoms with E-state index in [2.05, 4.69) is 4.90 Å². The molecule has 0 amide bonds. The van der Waals surface area contributed by atoms with Crippen LogP contribution in [0.25, 0.3) is 0 Å². The van der Waals surface area contributed by atoms with E-state index in [0.29, 0.717) is 31.2 Å². The van der Waals surface area contributed by atoms with Crippen molar-refractivity contribution in [3.05, 3.63) is 47.5 Å². The molecule has 0 saturated carbocycles. The number of halogens is 1. The van der Waals surface area contributed by atoms with Gasteiger partial charge in [0.25, 0.3) is 0 Å². The molecule has 140 valence electrons. The Kier molecular flexibility index (Phi) is 5.60. The lowest BCUT2D eigenvalue weighted by Gasteiger charge is -2.36. The molecule has 2 aromatic carbocycles. The van der Waals surface area contributed by atoms with E-state index in [1.54, 1.807) is 26.4 Å². The summed E-state index contributed by atoms with van der Waals surface area (Å²) >= 11 is 5.85. The molecule has 1 fully saturated rings. The monoisotopic (exact) mass is 396 g/mol. The predicted octanol–water partition coefficient (Wildman–Crippen LogP) is 2.87. The third-order valence-electron chi connectivity index (χ3n) is 4.42. The van der Waals surface area contributed by atoms with Gasteiger partial charge in [-0.15, -0.1) is 0 Å². The van der Waals surface area contributed by atoms with Crippen LogP contribution in [0, 0.1) is 0 Å². The van der Waals surface area contributed by atoms with Gasteiger partial charge in [-0.1, -0.05) is 11.6 Å². The summed E-state index contributed by atoms with van der Waals surface area (Å²) in [4.78, 5) is 2.37. The largest absolute Gasteiger partial charge is 0.497 e. The average Bonchev–Trinajstić information content (AvgIpc) is 2.68. The van der Waals surface area contributed by atoms with Crippen molar-refractivity contribution < 1.29 is 17.9 Å². The smallest absolute Gasteiger partial charge is 0.243 e. The first-order valence-electron chi connectivity index (χ1n) is 8.18. The third-order valence-corrected chi connectivity index (χ3v) is 6.58. The first-order chi connectivity index (χ1) is 12.5. The molecule has 0 aromatic heterocycles.